The van der Waals surface area contributed by atoms with Crippen molar-refractivity contribution >= 4 is 31.6 Å². The van der Waals surface area contributed by atoms with Gasteiger partial charge < -0.3 is 4.98 Å². The Balaban J connectivity index is 1.49. The van der Waals surface area contributed by atoms with E-state index in [1.54, 1.807) is 7.05 Å². The Morgan fingerprint density at radius 3 is 2.59 bits per heavy atom. The number of piperidine rings is 1. The van der Waals surface area contributed by atoms with Crippen molar-refractivity contribution in [3.63, 3.8) is 0 Å². The number of nitrogens with zero attached hydrogens (tertiary/aromatic N) is 3. The summed E-state index contributed by atoms with van der Waals surface area (Å²) >= 11 is 1.52. The van der Waals surface area contributed by atoms with Crippen LogP contribution in [0.25, 0.3) is 20.7 Å². The van der Waals surface area contributed by atoms with E-state index in [2.05, 4.69) is 14.9 Å². The van der Waals surface area contributed by atoms with Crippen LogP contribution in [0.2, 0.25) is 0 Å². The molecule has 4 rings (SSSR count). The van der Waals surface area contributed by atoms with Gasteiger partial charge in [-0.05, 0) is 24.5 Å². The maximum atomic E-state index is 12.6. The van der Waals surface area contributed by atoms with Crippen LogP contribution in [0, 0.1) is 0 Å². The molecule has 154 valence electrons. The number of thiophene rings is 1. The van der Waals surface area contributed by atoms with Gasteiger partial charge in [0.2, 0.25) is 10.0 Å². The molecule has 1 aliphatic rings. The molecule has 1 aromatic carbocycles. The fourth-order valence-electron chi connectivity index (χ4n) is 3.72. The average molecular weight is 433 g/mol. The van der Waals surface area contributed by atoms with Gasteiger partial charge in [0.15, 0.2) is 0 Å². The van der Waals surface area contributed by atoms with E-state index in [0.717, 1.165) is 41.2 Å². The van der Waals surface area contributed by atoms with E-state index in [9.17, 15) is 13.2 Å². The second kappa shape index (κ2) is 7.98. The summed E-state index contributed by atoms with van der Waals surface area (Å²) in [6.07, 6.45) is 2.79. The lowest BCUT2D eigenvalue weighted by molar-refractivity contribution is 0.161. The molecule has 0 amide bonds. The van der Waals surface area contributed by atoms with E-state index < -0.39 is 10.0 Å². The van der Waals surface area contributed by atoms with Crippen molar-refractivity contribution in [2.45, 2.75) is 25.4 Å². The number of benzene rings is 1. The summed E-state index contributed by atoms with van der Waals surface area (Å²) in [6.45, 7) is 2.09. The minimum Gasteiger partial charge on any atom is -0.309 e. The molecule has 0 unspecified atom stereocenters. The SMILES string of the molecule is CN(C1CCN(Cc2nc3sc(-c4ccccc4)cc3c(=O)[nH]2)CC1)S(C)(=O)=O. The molecule has 2 aromatic heterocycles. The molecular formula is C20H24N4O3S2. The molecule has 0 saturated carbocycles. The summed E-state index contributed by atoms with van der Waals surface area (Å²) in [4.78, 5) is 24.1. The Morgan fingerprint density at radius 1 is 1.24 bits per heavy atom. The summed E-state index contributed by atoms with van der Waals surface area (Å²) in [5.41, 5.74) is 0.962. The molecule has 29 heavy (non-hydrogen) atoms. The van der Waals surface area contributed by atoms with E-state index >= 15 is 0 Å². The van der Waals surface area contributed by atoms with Gasteiger partial charge >= 0.3 is 0 Å². The lowest BCUT2D eigenvalue weighted by Gasteiger charge is -2.35. The van der Waals surface area contributed by atoms with Crippen LogP contribution < -0.4 is 5.56 Å². The molecule has 0 atom stereocenters. The van der Waals surface area contributed by atoms with Crippen molar-refractivity contribution in [2.75, 3.05) is 26.4 Å². The number of hydrogen-bond donors (Lipinski definition) is 1. The number of sulfonamides is 1. The first kappa shape index (κ1) is 20.2. The van der Waals surface area contributed by atoms with E-state index in [4.69, 9.17) is 0 Å². The van der Waals surface area contributed by atoms with E-state index in [1.165, 1.54) is 21.9 Å². The molecule has 1 N–H and O–H groups in total. The topological polar surface area (TPSA) is 86.4 Å². The molecule has 0 aliphatic carbocycles. The zero-order chi connectivity index (χ0) is 20.6. The normalized spacial score (nSPS) is 16.7. The zero-order valence-corrected chi connectivity index (χ0v) is 18.1. The van der Waals surface area contributed by atoms with Gasteiger partial charge in [0.25, 0.3) is 5.56 Å². The third kappa shape index (κ3) is 4.42. The maximum absolute atomic E-state index is 12.6. The highest BCUT2D eigenvalue weighted by Crippen LogP contribution is 2.30. The van der Waals surface area contributed by atoms with E-state index in [1.807, 2.05) is 36.4 Å². The van der Waals surface area contributed by atoms with Crippen molar-refractivity contribution in [3.8, 4) is 10.4 Å². The van der Waals surface area contributed by atoms with Gasteiger partial charge in [0.05, 0.1) is 18.2 Å². The minimum atomic E-state index is -3.17. The van der Waals surface area contributed by atoms with Crippen molar-refractivity contribution in [3.05, 3.63) is 52.6 Å². The highest BCUT2D eigenvalue weighted by Gasteiger charge is 2.27. The number of rotatable bonds is 5. The molecule has 1 fully saturated rings. The van der Waals surface area contributed by atoms with Crippen LogP contribution in [0.15, 0.2) is 41.2 Å². The molecule has 3 heterocycles. The molecule has 0 bridgehead atoms. The molecule has 0 radical (unpaired) electrons. The molecule has 3 aromatic rings. The van der Waals surface area contributed by atoms with Gasteiger partial charge in [-0.15, -0.1) is 11.3 Å². The van der Waals surface area contributed by atoms with Gasteiger partial charge in [-0.25, -0.2) is 17.7 Å². The number of likely N-dealkylation sites (tertiary alicyclic amines) is 1. The summed E-state index contributed by atoms with van der Waals surface area (Å²) in [5, 5.41) is 0.617. The summed E-state index contributed by atoms with van der Waals surface area (Å²) < 4.78 is 24.9. The Kier molecular flexibility index (Phi) is 5.56. The standard InChI is InChI=1S/C20H24N4O3S2/c1-23(29(2,26)27)15-8-10-24(11-9-15)13-18-21-19(25)16-12-17(28-20(16)22-18)14-6-4-3-5-7-14/h3-7,12,15H,8-11,13H2,1-2H3,(H,21,22,25). The van der Waals surface area contributed by atoms with Gasteiger partial charge in [-0.1, -0.05) is 30.3 Å². The fourth-order valence-corrected chi connectivity index (χ4v) is 5.53. The Labute approximate surface area is 174 Å². The Bertz CT molecular complexity index is 1160. The average Bonchev–Trinajstić information content (AvgIpc) is 3.13. The van der Waals surface area contributed by atoms with Gasteiger partial charge in [-0.2, -0.15) is 0 Å². The smallest absolute Gasteiger partial charge is 0.259 e. The van der Waals surface area contributed by atoms with Crippen LogP contribution >= 0.6 is 11.3 Å². The molecule has 0 spiro atoms. The van der Waals surface area contributed by atoms with Gasteiger partial charge in [0, 0.05) is 31.1 Å². The number of aromatic nitrogens is 2. The summed E-state index contributed by atoms with van der Waals surface area (Å²) in [5.74, 6) is 0.652. The molecule has 7 nitrogen and oxygen atoms in total. The molecule has 1 aliphatic heterocycles. The first-order valence-corrected chi connectivity index (χ1v) is 12.2. The Hall–Kier alpha value is -2.07. The zero-order valence-electron chi connectivity index (χ0n) is 16.5. The molecule has 9 heteroatoms. The second-order valence-corrected chi connectivity index (χ2v) is 10.6. The van der Waals surface area contributed by atoms with Crippen LogP contribution in [0.5, 0.6) is 0 Å². The number of aromatic amines is 1. The van der Waals surface area contributed by atoms with Crippen LogP contribution in [0.1, 0.15) is 18.7 Å². The second-order valence-electron chi connectivity index (χ2n) is 7.49. The van der Waals surface area contributed by atoms with Gasteiger partial charge in [0.1, 0.15) is 10.7 Å². The lowest BCUT2D eigenvalue weighted by atomic mass is 10.1. The highest BCUT2D eigenvalue weighted by atomic mass is 32.2. The number of nitrogens with one attached hydrogen (secondary N) is 1. The Morgan fingerprint density at radius 2 is 1.93 bits per heavy atom. The number of fused-ring (bicyclic) bond motifs is 1. The van der Waals surface area contributed by atoms with Crippen molar-refractivity contribution < 1.29 is 8.42 Å². The summed E-state index contributed by atoms with van der Waals surface area (Å²) in [7, 11) is -1.53. The van der Waals surface area contributed by atoms with Crippen LogP contribution in [-0.2, 0) is 16.6 Å². The minimum absolute atomic E-state index is 0.0291. The lowest BCUT2D eigenvalue weighted by Crippen LogP contribution is -2.45. The highest BCUT2D eigenvalue weighted by molar-refractivity contribution is 7.88. The third-order valence-corrected chi connectivity index (χ3v) is 7.90. The van der Waals surface area contributed by atoms with Crippen molar-refractivity contribution in [2.24, 2.45) is 0 Å². The molecular weight excluding hydrogens is 408 g/mol. The maximum Gasteiger partial charge on any atom is 0.259 e. The fraction of sp³-hybridized carbons (Fsp3) is 0.400. The van der Waals surface area contributed by atoms with E-state index in [0.29, 0.717) is 17.8 Å². The summed E-state index contributed by atoms with van der Waals surface area (Å²) in [6, 6.07) is 11.9. The third-order valence-electron chi connectivity index (χ3n) is 5.48. The number of H-pyrrole nitrogens is 1. The predicted molar refractivity (Wildman–Crippen MR) is 117 cm³/mol. The first-order chi connectivity index (χ1) is 13.8. The van der Waals surface area contributed by atoms with Gasteiger partial charge in [-0.3, -0.25) is 9.69 Å². The quantitative estimate of drug-likeness (QED) is 0.669. The molecule has 1 saturated heterocycles. The van der Waals surface area contributed by atoms with Crippen LogP contribution in [-0.4, -0.2) is 60.0 Å². The number of hydrogen-bond acceptors (Lipinski definition) is 6. The van der Waals surface area contributed by atoms with E-state index in [-0.39, 0.29) is 11.6 Å². The predicted octanol–water partition coefficient (Wildman–Crippen LogP) is 2.51. The first-order valence-electron chi connectivity index (χ1n) is 9.55. The van der Waals surface area contributed by atoms with Crippen LogP contribution in [0.4, 0.5) is 0 Å². The largest absolute Gasteiger partial charge is 0.309 e. The van der Waals surface area contributed by atoms with Crippen LogP contribution in [0.3, 0.4) is 0 Å². The monoisotopic (exact) mass is 432 g/mol. The van der Waals surface area contributed by atoms with Crippen molar-refractivity contribution in [1.29, 1.82) is 0 Å². The van der Waals surface area contributed by atoms with Crippen molar-refractivity contribution in [1.82, 2.24) is 19.2 Å².